The number of halogens is 1. The van der Waals surface area contributed by atoms with Crippen molar-refractivity contribution in [3.8, 4) is 0 Å². The van der Waals surface area contributed by atoms with Crippen molar-refractivity contribution in [2.45, 2.75) is 51.8 Å². The Bertz CT molecular complexity index is 379. The van der Waals surface area contributed by atoms with E-state index >= 15 is 0 Å². The molecular weight excluding hydrogens is 257 g/mol. The summed E-state index contributed by atoms with van der Waals surface area (Å²) in [5.41, 5.74) is 2.30. The summed E-state index contributed by atoms with van der Waals surface area (Å²) in [4.78, 5) is 0. The standard InChI is InChI=1S/C16H26FNS/c1-5-8-18-16(11-19-12(2)3)10-14-6-7-15(17)9-13(14)4/h6-7,9,12,16,18H,5,8,10-11H2,1-4H3. The first-order chi connectivity index (χ1) is 9.02. The van der Waals surface area contributed by atoms with Crippen molar-refractivity contribution >= 4 is 11.8 Å². The van der Waals surface area contributed by atoms with Crippen molar-refractivity contribution in [2.75, 3.05) is 12.3 Å². The SMILES string of the molecule is CCCNC(CSC(C)C)Cc1ccc(F)cc1C. The zero-order valence-electron chi connectivity index (χ0n) is 12.5. The van der Waals surface area contributed by atoms with E-state index < -0.39 is 0 Å². The van der Waals surface area contributed by atoms with Crippen LogP contribution in [0.25, 0.3) is 0 Å². The van der Waals surface area contributed by atoms with Crippen LogP contribution in [0.4, 0.5) is 4.39 Å². The molecular formula is C16H26FNS. The fourth-order valence-corrected chi connectivity index (χ4v) is 2.85. The molecule has 0 radical (unpaired) electrons. The summed E-state index contributed by atoms with van der Waals surface area (Å²) in [6.07, 6.45) is 2.12. The summed E-state index contributed by atoms with van der Waals surface area (Å²) < 4.78 is 13.1. The molecule has 0 spiro atoms. The van der Waals surface area contributed by atoms with Crippen LogP contribution in [0.3, 0.4) is 0 Å². The van der Waals surface area contributed by atoms with Gasteiger partial charge < -0.3 is 5.32 Å². The monoisotopic (exact) mass is 283 g/mol. The predicted octanol–water partition coefficient (Wildman–Crippen LogP) is 4.19. The minimum absolute atomic E-state index is 0.143. The van der Waals surface area contributed by atoms with Gasteiger partial charge in [-0.3, -0.25) is 0 Å². The first-order valence-corrected chi connectivity index (χ1v) is 8.17. The Kier molecular flexibility index (Phi) is 7.47. The summed E-state index contributed by atoms with van der Waals surface area (Å²) in [5.74, 6) is 0.963. The highest BCUT2D eigenvalue weighted by Crippen LogP contribution is 2.16. The third-order valence-electron chi connectivity index (χ3n) is 3.08. The second-order valence-corrected chi connectivity index (χ2v) is 6.92. The molecule has 3 heteroatoms. The summed E-state index contributed by atoms with van der Waals surface area (Å²) in [5, 5.41) is 4.25. The van der Waals surface area contributed by atoms with Crippen LogP contribution < -0.4 is 5.32 Å². The lowest BCUT2D eigenvalue weighted by molar-refractivity contribution is 0.547. The van der Waals surface area contributed by atoms with Gasteiger partial charge in [-0.2, -0.15) is 11.8 Å². The lowest BCUT2D eigenvalue weighted by Gasteiger charge is -2.20. The lowest BCUT2D eigenvalue weighted by atomic mass is 10.0. The second-order valence-electron chi connectivity index (χ2n) is 5.31. The maximum atomic E-state index is 13.1. The van der Waals surface area contributed by atoms with E-state index in [1.807, 2.05) is 24.8 Å². The molecule has 0 amide bonds. The lowest BCUT2D eigenvalue weighted by Crippen LogP contribution is -2.34. The zero-order chi connectivity index (χ0) is 14.3. The zero-order valence-corrected chi connectivity index (χ0v) is 13.3. The third kappa shape index (κ3) is 6.44. The number of hydrogen-bond acceptors (Lipinski definition) is 2. The molecule has 1 unspecified atom stereocenters. The number of hydrogen-bond donors (Lipinski definition) is 1. The quantitative estimate of drug-likeness (QED) is 0.768. The minimum atomic E-state index is -0.143. The van der Waals surface area contributed by atoms with E-state index in [-0.39, 0.29) is 5.82 Å². The first-order valence-electron chi connectivity index (χ1n) is 7.13. The second kappa shape index (κ2) is 8.60. The van der Waals surface area contributed by atoms with Crippen LogP contribution in [0.5, 0.6) is 0 Å². The number of rotatable bonds is 8. The van der Waals surface area contributed by atoms with Crippen LogP contribution in [-0.2, 0) is 6.42 Å². The van der Waals surface area contributed by atoms with Crippen molar-refractivity contribution in [1.29, 1.82) is 0 Å². The molecule has 0 fully saturated rings. The van der Waals surface area contributed by atoms with Gasteiger partial charge in [0.05, 0.1) is 0 Å². The maximum absolute atomic E-state index is 13.1. The van der Waals surface area contributed by atoms with Gasteiger partial charge in [-0.25, -0.2) is 4.39 Å². The van der Waals surface area contributed by atoms with Crippen molar-refractivity contribution in [1.82, 2.24) is 5.32 Å². The van der Waals surface area contributed by atoms with Gasteiger partial charge in [0, 0.05) is 11.8 Å². The molecule has 0 heterocycles. The Morgan fingerprint density at radius 2 is 2.05 bits per heavy atom. The molecule has 1 nitrogen and oxygen atoms in total. The van der Waals surface area contributed by atoms with Gasteiger partial charge in [-0.15, -0.1) is 0 Å². The summed E-state index contributed by atoms with van der Waals surface area (Å²) in [7, 11) is 0. The van der Waals surface area contributed by atoms with Crippen molar-refractivity contribution < 1.29 is 4.39 Å². The number of nitrogens with one attached hydrogen (secondary N) is 1. The largest absolute Gasteiger partial charge is 0.313 e. The van der Waals surface area contributed by atoms with E-state index in [0.29, 0.717) is 11.3 Å². The van der Waals surface area contributed by atoms with E-state index in [1.54, 1.807) is 12.1 Å². The first kappa shape index (κ1) is 16.5. The molecule has 108 valence electrons. The molecule has 0 saturated carbocycles. The molecule has 0 bridgehead atoms. The number of aryl methyl sites for hydroxylation is 1. The minimum Gasteiger partial charge on any atom is -0.313 e. The number of benzene rings is 1. The van der Waals surface area contributed by atoms with E-state index in [2.05, 4.69) is 26.1 Å². The van der Waals surface area contributed by atoms with E-state index in [0.717, 1.165) is 30.7 Å². The van der Waals surface area contributed by atoms with Crippen LogP contribution in [0.2, 0.25) is 0 Å². The molecule has 0 aromatic heterocycles. The Labute approximate surface area is 121 Å². The molecule has 1 aromatic carbocycles. The van der Waals surface area contributed by atoms with Gasteiger partial charge in [0.1, 0.15) is 5.82 Å². The van der Waals surface area contributed by atoms with Crippen LogP contribution in [0, 0.1) is 12.7 Å². The highest BCUT2D eigenvalue weighted by atomic mass is 32.2. The van der Waals surface area contributed by atoms with E-state index in [9.17, 15) is 4.39 Å². The Morgan fingerprint density at radius 1 is 1.32 bits per heavy atom. The molecule has 1 N–H and O–H groups in total. The molecule has 0 aliphatic rings. The summed E-state index contributed by atoms with van der Waals surface area (Å²) >= 11 is 1.98. The van der Waals surface area contributed by atoms with Gasteiger partial charge in [-0.1, -0.05) is 26.8 Å². The van der Waals surface area contributed by atoms with Crippen LogP contribution >= 0.6 is 11.8 Å². The molecule has 19 heavy (non-hydrogen) atoms. The predicted molar refractivity (Wildman–Crippen MR) is 84.5 cm³/mol. The van der Waals surface area contributed by atoms with Crippen molar-refractivity contribution in [3.05, 3.63) is 35.1 Å². The molecule has 0 aliphatic heterocycles. The molecule has 1 rings (SSSR count). The van der Waals surface area contributed by atoms with Crippen LogP contribution in [0.1, 0.15) is 38.3 Å². The fraction of sp³-hybridized carbons (Fsp3) is 0.625. The van der Waals surface area contributed by atoms with E-state index in [4.69, 9.17) is 0 Å². The van der Waals surface area contributed by atoms with Gasteiger partial charge in [0.2, 0.25) is 0 Å². The molecule has 1 aromatic rings. The smallest absolute Gasteiger partial charge is 0.123 e. The highest BCUT2D eigenvalue weighted by molar-refractivity contribution is 7.99. The summed E-state index contributed by atoms with van der Waals surface area (Å²) in [6.45, 7) is 9.67. The Hall–Kier alpha value is -0.540. The third-order valence-corrected chi connectivity index (χ3v) is 4.35. The average molecular weight is 283 g/mol. The van der Waals surface area contributed by atoms with Gasteiger partial charge in [-0.05, 0) is 54.8 Å². The molecule has 0 aliphatic carbocycles. The van der Waals surface area contributed by atoms with Gasteiger partial charge >= 0.3 is 0 Å². The maximum Gasteiger partial charge on any atom is 0.123 e. The van der Waals surface area contributed by atoms with Crippen molar-refractivity contribution in [2.24, 2.45) is 0 Å². The fourth-order valence-electron chi connectivity index (χ4n) is 2.00. The Morgan fingerprint density at radius 3 is 2.63 bits per heavy atom. The normalized spacial score (nSPS) is 12.9. The van der Waals surface area contributed by atoms with Crippen LogP contribution in [-0.4, -0.2) is 23.6 Å². The number of thioether (sulfide) groups is 1. The molecule has 0 saturated heterocycles. The summed E-state index contributed by atoms with van der Waals surface area (Å²) in [6, 6.07) is 5.58. The highest BCUT2D eigenvalue weighted by Gasteiger charge is 2.12. The Balaban J connectivity index is 2.63. The average Bonchev–Trinajstić information content (AvgIpc) is 2.35. The van der Waals surface area contributed by atoms with Crippen molar-refractivity contribution in [3.63, 3.8) is 0 Å². The van der Waals surface area contributed by atoms with Crippen LogP contribution in [0.15, 0.2) is 18.2 Å². The van der Waals surface area contributed by atoms with Gasteiger partial charge in [0.15, 0.2) is 0 Å². The van der Waals surface area contributed by atoms with E-state index in [1.165, 1.54) is 5.56 Å². The van der Waals surface area contributed by atoms with Gasteiger partial charge in [0.25, 0.3) is 0 Å². The topological polar surface area (TPSA) is 12.0 Å². The molecule has 1 atom stereocenters.